The van der Waals surface area contributed by atoms with Gasteiger partial charge in [0.1, 0.15) is 0 Å². The molecule has 1 nitrogen and oxygen atoms in total. The number of hydrogen-bond donors (Lipinski definition) is 1. The number of nitrogens with one attached hydrogen (secondary N) is 1. The van der Waals surface area contributed by atoms with Gasteiger partial charge < -0.3 is 5.32 Å². The van der Waals surface area contributed by atoms with E-state index in [4.69, 9.17) is 0 Å². The highest BCUT2D eigenvalue weighted by atomic mass is 15.0. The van der Waals surface area contributed by atoms with Crippen molar-refractivity contribution < 1.29 is 0 Å². The van der Waals surface area contributed by atoms with Crippen molar-refractivity contribution in [2.24, 2.45) is 16.7 Å². The van der Waals surface area contributed by atoms with Crippen molar-refractivity contribution in [3.63, 3.8) is 0 Å². The maximum absolute atomic E-state index is 4.00. The molecule has 1 unspecified atom stereocenters. The molecule has 0 heterocycles. The van der Waals surface area contributed by atoms with Crippen LogP contribution in [0.25, 0.3) is 0 Å². The summed E-state index contributed by atoms with van der Waals surface area (Å²) < 4.78 is 0. The fraction of sp³-hybridized carbons (Fsp3) is 1.00. The lowest BCUT2D eigenvalue weighted by Gasteiger charge is -2.42. The molecule has 0 spiro atoms. The monoisotopic (exact) mass is 279 g/mol. The Balaban J connectivity index is 1.77. The van der Waals surface area contributed by atoms with Gasteiger partial charge in [-0.2, -0.15) is 0 Å². The van der Waals surface area contributed by atoms with E-state index < -0.39 is 0 Å². The van der Waals surface area contributed by atoms with Crippen LogP contribution in [0.15, 0.2) is 0 Å². The van der Waals surface area contributed by atoms with Crippen molar-refractivity contribution in [1.82, 2.24) is 5.32 Å². The molecule has 0 aromatic carbocycles. The molecule has 1 atom stereocenters. The van der Waals surface area contributed by atoms with Crippen molar-refractivity contribution in [2.45, 2.75) is 104 Å². The fourth-order valence-electron chi connectivity index (χ4n) is 4.50. The fourth-order valence-corrected chi connectivity index (χ4v) is 4.50. The van der Waals surface area contributed by atoms with Crippen LogP contribution in [0.5, 0.6) is 0 Å². The Hall–Kier alpha value is -0.0400. The molecule has 2 saturated carbocycles. The Kier molecular flexibility index (Phi) is 5.21. The molecule has 0 amide bonds. The molecule has 118 valence electrons. The Morgan fingerprint density at radius 3 is 2.20 bits per heavy atom. The third-order valence-corrected chi connectivity index (χ3v) is 6.42. The topological polar surface area (TPSA) is 12.0 Å². The summed E-state index contributed by atoms with van der Waals surface area (Å²) in [6.45, 7) is 12.2. The van der Waals surface area contributed by atoms with E-state index in [2.05, 4.69) is 39.9 Å². The number of hydrogen-bond acceptors (Lipinski definition) is 1. The summed E-state index contributed by atoms with van der Waals surface area (Å²) >= 11 is 0. The molecule has 2 fully saturated rings. The number of rotatable bonds is 4. The molecule has 0 bridgehead atoms. The second kappa shape index (κ2) is 6.38. The van der Waals surface area contributed by atoms with E-state index in [1.165, 1.54) is 57.8 Å². The van der Waals surface area contributed by atoms with Crippen molar-refractivity contribution in [2.75, 3.05) is 0 Å². The molecule has 0 aromatic rings. The van der Waals surface area contributed by atoms with E-state index in [9.17, 15) is 0 Å². The summed E-state index contributed by atoms with van der Waals surface area (Å²) in [4.78, 5) is 0. The van der Waals surface area contributed by atoms with Crippen molar-refractivity contribution >= 4 is 0 Å². The van der Waals surface area contributed by atoms with Gasteiger partial charge in [0, 0.05) is 12.1 Å². The van der Waals surface area contributed by atoms with Crippen LogP contribution in [-0.4, -0.2) is 12.1 Å². The van der Waals surface area contributed by atoms with Gasteiger partial charge in [0.25, 0.3) is 0 Å². The zero-order valence-electron chi connectivity index (χ0n) is 14.6. The minimum Gasteiger partial charge on any atom is -0.311 e. The quantitative estimate of drug-likeness (QED) is 0.712. The van der Waals surface area contributed by atoms with Crippen LogP contribution in [-0.2, 0) is 0 Å². The molecule has 0 aliphatic heterocycles. The molecule has 0 saturated heterocycles. The Morgan fingerprint density at radius 2 is 1.65 bits per heavy atom. The first-order valence-corrected chi connectivity index (χ1v) is 9.08. The smallest absolute Gasteiger partial charge is 0.00747 e. The largest absolute Gasteiger partial charge is 0.311 e. The van der Waals surface area contributed by atoms with Crippen LogP contribution >= 0.6 is 0 Å². The standard InChI is InChI=1S/C19H37N/c1-6-19(4,5)15-9-11-16(12-10-15)20-17-8-7-13-18(2,3)14-17/h15-17,20H,6-14H2,1-5H3. The maximum Gasteiger partial charge on any atom is 0.00747 e. The average molecular weight is 280 g/mol. The molecule has 2 aliphatic rings. The van der Waals surface area contributed by atoms with E-state index in [0.717, 1.165) is 18.0 Å². The summed E-state index contributed by atoms with van der Waals surface area (Å²) in [5.74, 6) is 0.952. The summed E-state index contributed by atoms with van der Waals surface area (Å²) in [5.41, 5.74) is 1.12. The molecule has 0 radical (unpaired) electrons. The Bertz CT molecular complexity index is 297. The summed E-state index contributed by atoms with van der Waals surface area (Å²) in [6.07, 6.45) is 12.6. The second-order valence-corrected chi connectivity index (χ2v) is 9.01. The zero-order valence-corrected chi connectivity index (χ0v) is 14.6. The van der Waals surface area contributed by atoms with Crippen LogP contribution in [0.1, 0.15) is 92.4 Å². The van der Waals surface area contributed by atoms with E-state index in [1.807, 2.05) is 0 Å². The van der Waals surface area contributed by atoms with E-state index in [-0.39, 0.29) is 0 Å². The molecule has 20 heavy (non-hydrogen) atoms. The van der Waals surface area contributed by atoms with Crippen LogP contribution in [0.2, 0.25) is 0 Å². The van der Waals surface area contributed by atoms with Gasteiger partial charge in [-0.15, -0.1) is 0 Å². The van der Waals surface area contributed by atoms with Gasteiger partial charge in [-0.05, 0) is 61.7 Å². The average Bonchev–Trinajstić information content (AvgIpc) is 2.38. The first kappa shape index (κ1) is 16.3. The zero-order chi connectivity index (χ0) is 14.8. The molecule has 2 rings (SSSR count). The lowest BCUT2D eigenvalue weighted by atomic mass is 9.68. The van der Waals surface area contributed by atoms with E-state index >= 15 is 0 Å². The molecule has 1 heteroatoms. The van der Waals surface area contributed by atoms with Crippen molar-refractivity contribution in [3.05, 3.63) is 0 Å². The van der Waals surface area contributed by atoms with E-state index in [0.29, 0.717) is 10.8 Å². The molecular formula is C19H37N. The third kappa shape index (κ3) is 4.23. The first-order chi connectivity index (χ1) is 9.32. The van der Waals surface area contributed by atoms with Gasteiger partial charge in [-0.25, -0.2) is 0 Å². The maximum atomic E-state index is 4.00. The minimum absolute atomic E-state index is 0.553. The highest BCUT2D eigenvalue weighted by Crippen LogP contribution is 2.41. The van der Waals surface area contributed by atoms with Crippen molar-refractivity contribution in [1.29, 1.82) is 0 Å². The van der Waals surface area contributed by atoms with Gasteiger partial charge in [0.2, 0.25) is 0 Å². The highest BCUT2D eigenvalue weighted by molar-refractivity contribution is 4.89. The van der Waals surface area contributed by atoms with Gasteiger partial charge >= 0.3 is 0 Å². The third-order valence-electron chi connectivity index (χ3n) is 6.42. The van der Waals surface area contributed by atoms with Crippen LogP contribution < -0.4 is 5.32 Å². The lowest BCUT2D eigenvalue weighted by molar-refractivity contribution is 0.122. The molecular weight excluding hydrogens is 242 g/mol. The summed E-state index contributed by atoms with van der Waals surface area (Å²) in [6, 6.07) is 1.59. The van der Waals surface area contributed by atoms with Crippen LogP contribution in [0, 0.1) is 16.7 Å². The van der Waals surface area contributed by atoms with Crippen LogP contribution in [0.3, 0.4) is 0 Å². The Labute approximate surface area is 127 Å². The van der Waals surface area contributed by atoms with Gasteiger partial charge in [0.05, 0.1) is 0 Å². The molecule has 2 aliphatic carbocycles. The summed E-state index contributed by atoms with van der Waals surface area (Å²) in [5, 5.41) is 4.00. The predicted octanol–water partition coefficient (Wildman–Crippen LogP) is 5.54. The van der Waals surface area contributed by atoms with Crippen LogP contribution in [0.4, 0.5) is 0 Å². The first-order valence-electron chi connectivity index (χ1n) is 9.08. The highest BCUT2D eigenvalue weighted by Gasteiger charge is 2.34. The second-order valence-electron chi connectivity index (χ2n) is 9.01. The predicted molar refractivity (Wildman–Crippen MR) is 89.0 cm³/mol. The van der Waals surface area contributed by atoms with Crippen molar-refractivity contribution in [3.8, 4) is 0 Å². The summed E-state index contributed by atoms with van der Waals surface area (Å²) in [7, 11) is 0. The Morgan fingerprint density at radius 1 is 1.00 bits per heavy atom. The molecule has 1 N–H and O–H groups in total. The normalized spacial score (nSPS) is 35.0. The lowest BCUT2D eigenvalue weighted by Crippen LogP contribution is -2.45. The van der Waals surface area contributed by atoms with Gasteiger partial charge in [-0.1, -0.05) is 47.5 Å². The van der Waals surface area contributed by atoms with E-state index in [1.54, 1.807) is 0 Å². The SMILES string of the molecule is CCC(C)(C)C1CCC(NC2CCCC(C)(C)C2)CC1. The molecule has 0 aromatic heterocycles. The minimum atomic E-state index is 0.553. The van der Waals surface area contributed by atoms with Gasteiger partial charge in [-0.3, -0.25) is 0 Å². The van der Waals surface area contributed by atoms with Gasteiger partial charge in [0.15, 0.2) is 0 Å².